The van der Waals surface area contributed by atoms with Crippen LogP contribution < -0.4 is 9.64 Å². The van der Waals surface area contributed by atoms with E-state index in [2.05, 4.69) is 12.2 Å². The van der Waals surface area contributed by atoms with Crippen molar-refractivity contribution in [2.75, 3.05) is 4.90 Å². The van der Waals surface area contributed by atoms with E-state index in [1.165, 1.54) is 4.90 Å². The third-order valence-corrected chi connectivity index (χ3v) is 6.51. The van der Waals surface area contributed by atoms with Crippen molar-refractivity contribution in [3.8, 4) is 11.5 Å². The summed E-state index contributed by atoms with van der Waals surface area (Å²) in [7, 11) is 0. The van der Waals surface area contributed by atoms with E-state index in [-0.39, 0.29) is 29.6 Å². The van der Waals surface area contributed by atoms with E-state index < -0.39 is 5.41 Å². The first kappa shape index (κ1) is 16.6. The minimum atomic E-state index is -0.602. The van der Waals surface area contributed by atoms with Crippen molar-refractivity contribution in [2.24, 2.45) is 23.2 Å². The summed E-state index contributed by atoms with van der Waals surface area (Å²) >= 11 is 5.88. The van der Waals surface area contributed by atoms with E-state index in [1.54, 1.807) is 48.5 Å². The van der Waals surface area contributed by atoms with Gasteiger partial charge in [-0.25, -0.2) is 4.90 Å². The second-order valence-corrected chi connectivity index (χ2v) is 8.12. The van der Waals surface area contributed by atoms with Gasteiger partial charge >= 0.3 is 0 Å². The highest BCUT2D eigenvalue weighted by atomic mass is 35.5. The van der Waals surface area contributed by atoms with Crippen molar-refractivity contribution < 1.29 is 14.3 Å². The summed E-state index contributed by atoms with van der Waals surface area (Å²) in [4.78, 5) is 27.5. The van der Waals surface area contributed by atoms with Gasteiger partial charge in [0.2, 0.25) is 11.8 Å². The van der Waals surface area contributed by atoms with Gasteiger partial charge in [-0.15, -0.1) is 0 Å². The normalized spacial score (nSPS) is 30.9. The van der Waals surface area contributed by atoms with Crippen LogP contribution in [-0.2, 0) is 9.59 Å². The number of amides is 2. The van der Waals surface area contributed by atoms with Crippen LogP contribution in [-0.4, -0.2) is 11.8 Å². The number of rotatable bonds is 3. The molecule has 1 saturated heterocycles. The summed E-state index contributed by atoms with van der Waals surface area (Å²) in [6, 6.07) is 14.2. The minimum Gasteiger partial charge on any atom is -0.457 e. The molecule has 2 aromatic rings. The quantitative estimate of drug-likeness (QED) is 0.566. The van der Waals surface area contributed by atoms with E-state index >= 15 is 0 Å². The molecule has 0 unspecified atom stereocenters. The van der Waals surface area contributed by atoms with E-state index in [4.69, 9.17) is 16.3 Å². The lowest BCUT2D eigenvalue weighted by Gasteiger charge is -2.28. The Morgan fingerprint density at radius 1 is 1.00 bits per heavy atom. The number of hydrogen-bond donors (Lipinski definition) is 0. The Bertz CT molecular complexity index is 966. The molecule has 0 N–H and O–H groups in total. The molecule has 0 radical (unpaired) electrons. The fraction of sp³-hybridized carbons (Fsp3) is 0.273. The predicted octanol–water partition coefficient (Wildman–Crippen LogP) is 4.83. The molecule has 2 amide bonds. The van der Waals surface area contributed by atoms with Gasteiger partial charge in [-0.2, -0.15) is 0 Å². The number of allylic oxidation sites excluding steroid dienone is 2. The van der Waals surface area contributed by atoms with Crippen molar-refractivity contribution in [2.45, 2.75) is 13.3 Å². The van der Waals surface area contributed by atoms with Gasteiger partial charge in [0.1, 0.15) is 11.5 Å². The first-order chi connectivity index (χ1) is 13.0. The van der Waals surface area contributed by atoms with Crippen molar-refractivity contribution in [1.82, 2.24) is 0 Å². The number of ether oxygens (including phenoxy) is 1. The third-order valence-electron chi connectivity index (χ3n) is 6.26. The number of nitrogens with zero attached hydrogens (tertiary/aromatic N) is 1. The summed E-state index contributed by atoms with van der Waals surface area (Å²) in [6.45, 7) is 1.95. The molecule has 2 fully saturated rings. The van der Waals surface area contributed by atoms with Crippen LogP contribution in [0.3, 0.4) is 0 Å². The Morgan fingerprint density at radius 3 is 2.26 bits per heavy atom. The van der Waals surface area contributed by atoms with E-state index in [1.807, 2.05) is 6.92 Å². The summed E-state index contributed by atoms with van der Waals surface area (Å²) < 4.78 is 5.79. The zero-order valence-corrected chi connectivity index (χ0v) is 15.5. The highest BCUT2D eigenvalue weighted by molar-refractivity contribution is 6.30. The van der Waals surface area contributed by atoms with Crippen LogP contribution in [0.25, 0.3) is 0 Å². The van der Waals surface area contributed by atoms with Crippen molar-refractivity contribution in [3.63, 3.8) is 0 Å². The molecule has 4 nitrogen and oxygen atoms in total. The number of fused-ring (bicyclic) bond motifs is 5. The molecule has 5 heteroatoms. The van der Waals surface area contributed by atoms with Gasteiger partial charge in [0.05, 0.1) is 17.0 Å². The molecule has 2 aliphatic carbocycles. The fourth-order valence-electron chi connectivity index (χ4n) is 4.85. The molecule has 136 valence electrons. The Kier molecular flexibility index (Phi) is 3.50. The maximum absolute atomic E-state index is 13.1. The van der Waals surface area contributed by atoms with Crippen LogP contribution >= 0.6 is 11.6 Å². The number of hydrogen-bond acceptors (Lipinski definition) is 3. The van der Waals surface area contributed by atoms with Gasteiger partial charge in [-0.1, -0.05) is 23.8 Å². The molecule has 1 aliphatic heterocycles. The first-order valence-corrected chi connectivity index (χ1v) is 9.46. The summed E-state index contributed by atoms with van der Waals surface area (Å²) in [6.07, 6.45) is 5.13. The van der Waals surface area contributed by atoms with Crippen LogP contribution in [0.4, 0.5) is 5.69 Å². The lowest BCUT2D eigenvalue weighted by molar-refractivity contribution is -0.127. The van der Waals surface area contributed by atoms with Crippen molar-refractivity contribution >= 4 is 29.1 Å². The molecule has 5 rings (SSSR count). The molecule has 4 atom stereocenters. The van der Waals surface area contributed by atoms with Gasteiger partial charge < -0.3 is 4.74 Å². The highest BCUT2D eigenvalue weighted by Gasteiger charge is 2.67. The van der Waals surface area contributed by atoms with Crippen molar-refractivity contribution in [3.05, 3.63) is 65.7 Å². The number of carbonyl (C=O) groups excluding carboxylic acids is 2. The number of halogens is 1. The van der Waals surface area contributed by atoms with Crippen LogP contribution in [0, 0.1) is 23.2 Å². The van der Waals surface area contributed by atoms with Gasteiger partial charge in [0, 0.05) is 5.02 Å². The predicted molar refractivity (Wildman–Crippen MR) is 103 cm³/mol. The monoisotopic (exact) mass is 379 g/mol. The molecular formula is C22H18ClNO3. The summed E-state index contributed by atoms with van der Waals surface area (Å²) in [5.41, 5.74) is -0.00176. The maximum Gasteiger partial charge on any atom is 0.241 e. The molecular weight excluding hydrogens is 362 g/mol. The molecule has 3 aliphatic rings. The van der Waals surface area contributed by atoms with Gasteiger partial charge in [0.15, 0.2) is 0 Å². The highest BCUT2D eigenvalue weighted by Crippen LogP contribution is 2.60. The van der Waals surface area contributed by atoms with E-state index in [0.717, 1.165) is 6.42 Å². The lowest BCUT2D eigenvalue weighted by atomic mass is 9.71. The second-order valence-electron chi connectivity index (χ2n) is 7.68. The maximum atomic E-state index is 13.1. The Labute approximate surface area is 162 Å². The smallest absolute Gasteiger partial charge is 0.241 e. The van der Waals surface area contributed by atoms with Gasteiger partial charge in [-0.05, 0) is 73.7 Å². The first-order valence-electron chi connectivity index (χ1n) is 9.08. The molecule has 1 saturated carbocycles. The molecule has 2 bridgehead atoms. The average Bonchev–Trinajstić information content (AvgIpc) is 3.30. The Morgan fingerprint density at radius 2 is 1.63 bits per heavy atom. The number of benzene rings is 2. The number of anilines is 1. The van der Waals surface area contributed by atoms with Gasteiger partial charge in [0.25, 0.3) is 0 Å². The molecule has 27 heavy (non-hydrogen) atoms. The number of imide groups is 1. The standard InChI is InChI=1S/C22H18ClNO3/c1-22-14-3-2-13(12-14)19(22)20(25)24(21(22)26)16-6-10-18(11-7-16)27-17-8-4-15(23)5-9-17/h2-11,13-14,19H,12H2,1H3/t13-,14-,19-,22+/m0/s1. The Hall–Kier alpha value is -2.59. The molecule has 0 aromatic heterocycles. The van der Waals surface area contributed by atoms with E-state index in [9.17, 15) is 9.59 Å². The van der Waals surface area contributed by atoms with Crippen LogP contribution in [0.2, 0.25) is 5.02 Å². The zero-order valence-electron chi connectivity index (χ0n) is 14.8. The fourth-order valence-corrected chi connectivity index (χ4v) is 4.98. The summed E-state index contributed by atoms with van der Waals surface area (Å²) in [5, 5.41) is 0.645. The van der Waals surface area contributed by atoms with Crippen LogP contribution in [0.1, 0.15) is 13.3 Å². The van der Waals surface area contributed by atoms with Crippen LogP contribution in [0.5, 0.6) is 11.5 Å². The molecule has 1 heterocycles. The van der Waals surface area contributed by atoms with Crippen molar-refractivity contribution in [1.29, 1.82) is 0 Å². The second kappa shape index (κ2) is 5.70. The topological polar surface area (TPSA) is 46.6 Å². The zero-order chi connectivity index (χ0) is 18.8. The largest absolute Gasteiger partial charge is 0.457 e. The average molecular weight is 380 g/mol. The third kappa shape index (κ3) is 2.29. The SMILES string of the molecule is C[C@]12C(=O)N(c3ccc(Oc4ccc(Cl)cc4)cc3)C(=O)[C@@H]1[C@H]1C=C[C@H]2C1. The number of carbonyl (C=O) groups is 2. The molecule has 2 aromatic carbocycles. The Balaban J connectivity index is 1.40. The van der Waals surface area contributed by atoms with Gasteiger partial charge in [-0.3, -0.25) is 9.59 Å². The van der Waals surface area contributed by atoms with Crippen LogP contribution in [0.15, 0.2) is 60.7 Å². The van der Waals surface area contributed by atoms with E-state index in [0.29, 0.717) is 22.2 Å². The summed E-state index contributed by atoms with van der Waals surface area (Å²) in [5.74, 6) is 1.27. The minimum absolute atomic E-state index is 0.0780. The molecule has 0 spiro atoms. The lowest BCUT2D eigenvalue weighted by Crippen LogP contribution is -2.37.